The van der Waals surface area contributed by atoms with E-state index in [0.29, 0.717) is 17.9 Å². The summed E-state index contributed by atoms with van der Waals surface area (Å²) in [6, 6.07) is 5.40. The summed E-state index contributed by atoms with van der Waals surface area (Å²) in [6.45, 7) is 4.14. The van der Waals surface area contributed by atoms with E-state index in [1.807, 2.05) is 13.0 Å². The van der Waals surface area contributed by atoms with Crippen LogP contribution in [0.25, 0.3) is 0 Å². The molecule has 0 fully saturated rings. The number of carboxylic acid groups (broad SMARTS) is 1. The van der Waals surface area contributed by atoms with Crippen molar-refractivity contribution >= 4 is 11.9 Å². The predicted octanol–water partition coefficient (Wildman–Crippen LogP) is 1.70. The minimum atomic E-state index is -1.01. The van der Waals surface area contributed by atoms with Gasteiger partial charge in [-0.05, 0) is 19.9 Å². The number of nitrogens with one attached hydrogen (secondary N) is 1. The van der Waals surface area contributed by atoms with Gasteiger partial charge in [-0.1, -0.05) is 17.7 Å². The van der Waals surface area contributed by atoms with Crippen LogP contribution in [0.1, 0.15) is 30.4 Å². The summed E-state index contributed by atoms with van der Waals surface area (Å²) in [5, 5.41) is 11.6. The van der Waals surface area contributed by atoms with Crippen LogP contribution in [0.5, 0.6) is 5.75 Å². The van der Waals surface area contributed by atoms with Gasteiger partial charge in [0.05, 0.1) is 19.4 Å². The molecule has 1 aromatic carbocycles. The van der Waals surface area contributed by atoms with Gasteiger partial charge in [0.25, 0.3) is 0 Å². The van der Waals surface area contributed by atoms with Crippen LogP contribution >= 0.6 is 0 Å². The normalized spacial score (nSPS) is 11.7. The van der Waals surface area contributed by atoms with Crippen molar-refractivity contribution in [2.45, 2.75) is 26.2 Å². The lowest BCUT2D eigenvalue weighted by Gasteiger charge is -2.18. The van der Waals surface area contributed by atoms with Crippen molar-refractivity contribution in [1.82, 2.24) is 5.32 Å². The third-order valence-corrected chi connectivity index (χ3v) is 2.81. The molecule has 1 amide bonds. The zero-order valence-electron chi connectivity index (χ0n) is 11.4. The summed E-state index contributed by atoms with van der Waals surface area (Å²) in [5.74, 6) is -1.52. The van der Waals surface area contributed by atoms with Crippen molar-refractivity contribution in [2.75, 3.05) is 13.7 Å². The molecule has 0 radical (unpaired) electrons. The Morgan fingerprint density at radius 2 is 2.11 bits per heavy atom. The zero-order valence-corrected chi connectivity index (χ0v) is 11.4. The molecule has 5 heteroatoms. The van der Waals surface area contributed by atoms with E-state index in [1.54, 1.807) is 19.1 Å². The maximum atomic E-state index is 12.0. The Hall–Kier alpha value is -2.04. The maximum absolute atomic E-state index is 12.0. The molecule has 0 spiro atoms. The number of ether oxygens (including phenoxy) is 1. The Morgan fingerprint density at radius 1 is 1.42 bits per heavy atom. The number of methoxy groups -OCH3 is 1. The van der Waals surface area contributed by atoms with E-state index in [-0.39, 0.29) is 12.3 Å². The van der Waals surface area contributed by atoms with E-state index in [2.05, 4.69) is 5.32 Å². The number of hydrogen-bond donors (Lipinski definition) is 2. The van der Waals surface area contributed by atoms with Crippen LogP contribution in [0.4, 0.5) is 0 Å². The fourth-order valence-electron chi connectivity index (χ4n) is 1.94. The first-order valence-corrected chi connectivity index (χ1v) is 6.13. The average molecular weight is 265 g/mol. The molecule has 0 aliphatic carbocycles. The lowest BCUT2D eigenvalue weighted by Crippen LogP contribution is -2.30. The van der Waals surface area contributed by atoms with Crippen LogP contribution in [0.3, 0.4) is 0 Å². The standard InChI is InChI=1S/C14H19NO4/c1-4-15-14(18)11(8-13(16)17)10-7-9(2)5-6-12(10)19-3/h5-7,11H,4,8H2,1-3H3,(H,15,18)(H,16,17). The van der Waals surface area contributed by atoms with Gasteiger partial charge in [-0.2, -0.15) is 0 Å². The van der Waals surface area contributed by atoms with Crippen molar-refractivity contribution in [3.8, 4) is 5.75 Å². The molecule has 1 rings (SSSR count). The molecule has 1 atom stereocenters. The summed E-state index contributed by atoms with van der Waals surface area (Å²) in [4.78, 5) is 23.0. The molecular formula is C14H19NO4. The molecule has 1 unspecified atom stereocenters. The molecule has 19 heavy (non-hydrogen) atoms. The lowest BCUT2D eigenvalue weighted by molar-refractivity contribution is -0.139. The second-order valence-corrected chi connectivity index (χ2v) is 4.29. The largest absolute Gasteiger partial charge is 0.496 e. The Labute approximate surface area is 112 Å². The molecule has 5 nitrogen and oxygen atoms in total. The molecule has 104 valence electrons. The molecule has 0 heterocycles. The van der Waals surface area contributed by atoms with Gasteiger partial charge >= 0.3 is 5.97 Å². The number of aliphatic carboxylic acids is 1. The molecule has 0 aromatic heterocycles. The fraction of sp³-hybridized carbons (Fsp3) is 0.429. The Morgan fingerprint density at radius 3 is 2.63 bits per heavy atom. The number of aryl methyl sites for hydroxylation is 1. The monoisotopic (exact) mass is 265 g/mol. The molecule has 0 saturated carbocycles. The smallest absolute Gasteiger partial charge is 0.304 e. The van der Waals surface area contributed by atoms with Crippen LogP contribution in [-0.4, -0.2) is 30.6 Å². The van der Waals surface area contributed by atoms with E-state index in [9.17, 15) is 9.59 Å². The Kier molecular flexibility index (Phi) is 5.36. The molecule has 0 aliphatic heterocycles. The maximum Gasteiger partial charge on any atom is 0.304 e. The fourth-order valence-corrected chi connectivity index (χ4v) is 1.94. The van der Waals surface area contributed by atoms with Crippen LogP contribution in [0.15, 0.2) is 18.2 Å². The molecule has 0 saturated heterocycles. The second kappa shape index (κ2) is 6.78. The van der Waals surface area contributed by atoms with Gasteiger partial charge in [0.2, 0.25) is 5.91 Å². The van der Waals surface area contributed by atoms with Crippen molar-refractivity contribution in [3.63, 3.8) is 0 Å². The first-order chi connectivity index (χ1) is 8.99. The number of carbonyl (C=O) groups is 2. The third kappa shape index (κ3) is 3.98. The van der Waals surface area contributed by atoms with E-state index >= 15 is 0 Å². The Bertz CT molecular complexity index is 471. The summed E-state index contributed by atoms with van der Waals surface area (Å²) in [6.07, 6.45) is -0.258. The second-order valence-electron chi connectivity index (χ2n) is 4.29. The quantitative estimate of drug-likeness (QED) is 0.820. The van der Waals surface area contributed by atoms with E-state index in [4.69, 9.17) is 9.84 Å². The number of carbonyl (C=O) groups excluding carboxylic acids is 1. The topological polar surface area (TPSA) is 75.6 Å². The van der Waals surface area contributed by atoms with Crippen LogP contribution in [0.2, 0.25) is 0 Å². The highest BCUT2D eigenvalue weighted by molar-refractivity contribution is 5.88. The number of benzene rings is 1. The van der Waals surface area contributed by atoms with Gasteiger partial charge < -0.3 is 15.2 Å². The predicted molar refractivity (Wildman–Crippen MR) is 71.4 cm³/mol. The van der Waals surface area contributed by atoms with Crippen molar-refractivity contribution in [1.29, 1.82) is 0 Å². The van der Waals surface area contributed by atoms with Gasteiger partial charge in [0.1, 0.15) is 5.75 Å². The molecule has 2 N–H and O–H groups in total. The van der Waals surface area contributed by atoms with Crippen molar-refractivity contribution in [3.05, 3.63) is 29.3 Å². The van der Waals surface area contributed by atoms with Gasteiger partial charge in [-0.25, -0.2) is 0 Å². The number of likely N-dealkylation sites (N-methyl/N-ethyl adjacent to an activating group) is 1. The van der Waals surface area contributed by atoms with Gasteiger partial charge in [0.15, 0.2) is 0 Å². The SMILES string of the molecule is CCNC(=O)C(CC(=O)O)c1cc(C)ccc1OC. The zero-order chi connectivity index (χ0) is 14.4. The van der Waals surface area contributed by atoms with E-state index in [1.165, 1.54) is 7.11 Å². The molecule has 1 aromatic rings. The number of carboxylic acids is 1. The van der Waals surface area contributed by atoms with E-state index in [0.717, 1.165) is 5.56 Å². The minimum Gasteiger partial charge on any atom is -0.496 e. The minimum absolute atomic E-state index is 0.258. The van der Waals surface area contributed by atoms with Crippen molar-refractivity contribution in [2.24, 2.45) is 0 Å². The summed E-state index contributed by atoms with van der Waals surface area (Å²) >= 11 is 0. The number of rotatable bonds is 6. The van der Waals surface area contributed by atoms with Crippen LogP contribution in [0, 0.1) is 6.92 Å². The van der Waals surface area contributed by atoms with E-state index < -0.39 is 11.9 Å². The highest BCUT2D eigenvalue weighted by Crippen LogP contribution is 2.30. The summed E-state index contributed by atoms with van der Waals surface area (Å²) < 4.78 is 5.22. The van der Waals surface area contributed by atoms with Crippen molar-refractivity contribution < 1.29 is 19.4 Å². The molecule has 0 aliphatic rings. The average Bonchev–Trinajstić information content (AvgIpc) is 2.36. The number of hydrogen-bond acceptors (Lipinski definition) is 3. The summed E-state index contributed by atoms with van der Waals surface area (Å²) in [7, 11) is 1.50. The molecule has 0 bridgehead atoms. The summed E-state index contributed by atoms with van der Waals surface area (Å²) in [5.41, 5.74) is 1.56. The lowest BCUT2D eigenvalue weighted by atomic mass is 9.92. The number of amides is 1. The third-order valence-electron chi connectivity index (χ3n) is 2.81. The van der Waals surface area contributed by atoms with Crippen LogP contribution < -0.4 is 10.1 Å². The first-order valence-electron chi connectivity index (χ1n) is 6.13. The van der Waals surface area contributed by atoms with Gasteiger partial charge in [0, 0.05) is 12.1 Å². The Balaban J connectivity index is 3.19. The molecular weight excluding hydrogens is 246 g/mol. The van der Waals surface area contributed by atoms with Gasteiger partial charge in [-0.3, -0.25) is 9.59 Å². The highest BCUT2D eigenvalue weighted by atomic mass is 16.5. The highest BCUT2D eigenvalue weighted by Gasteiger charge is 2.26. The van der Waals surface area contributed by atoms with Gasteiger partial charge in [-0.15, -0.1) is 0 Å². The first kappa shape index (κ1) is 15.0. The van der Waals surface area contributed by atoms with Crippen LogP contribution in [-0.2, 0) is 9.59 Å².